The fraction of sp³-hybridized carbons (Fsp3) is 0.727. The third kappa shape index (κ3) is 5.75. The molecule has 1 unspecified atom stereocenters. The average Bonchev–Trinajstić information content (AvgIpc) is 2.14. The van der Waals surface area contributed by atoms with E-state index in [0.717, 1.165) is 19.3 Å². The molecular formula is C11H20O3. The van der Waals surface area contributed by atoms with Crippen molar-refractivity contribution >= 4 is 5.97 Å². The molecule has 0 aliphatic heterocycles. The topological polar surface area (TPSA) is 46.5 Å². The predicted molar refractivity (Wildman–Crippen MR) is 56.3 cm³/mol. The van der Waals surface area contributed by atoms with E-state index in [1.807, 2.05) is 6.08 Å². The van der Waals surface area contributed by atoms with Gasteiger partial charge in [-0.3, -0.25) is 0 Å². The van der Waals surface area contributed by atoms with E-state index in [0.29, 0.717) is 18.1 Å². The van der Waals surface area contributed by atoms with Crippen LogP contribution in [-0.2, 0) is 9.53 Å². The van der Waals surface area contributed by atoms with Gasteiger partial charge >= 0.3 is 5.97 Å². The Morgan fingerprint density at radius 2 is 2.14 bits per heavy atom. The summed E-state index contributed by atoms with van der Waals surface area (Å²) in [5.74, 6) is -0.500. The number of methoxy groups -OCH3 is 1. The summed E-state index contributed by atoms with van der Waals surface area (Å²) < 4.78 is 4.98. The van der Waals surface area contributed by atoms with Crippen LogP contribution in [0.3, 0.4) is 0 Å². The molecule has 3 nitrogen and oxygen atoms in total. The molecule has 0 saturated carbocycles. The van der Waals surface area contributed by atoms with Crippen LogP contribution in [0.2, 0.25) is 0 Å². The molecule has 0 saturated heterocycles. The monoisotopic (exact) mass is 200 g/mol. The van der Waals surface area contributed by atoms with Gasteiger partial charge in [-0.1, -0.05) is 19.4 Å². The molecule has 0 fully saturated rings. The minimum absolute atomic E-state index is 0.330. The maximum absolute atomic E-state index is 10.6. The molecule has 0 bridgehead atoms. The highest BCUT2D eigenvalue weighted by Gasteiger charge is 2.07. The number of carbonyl (C=O) groups is 1. The molecule has 14 heavy (non-hydrogen) atoms. The molecule has 0 aliphatic rings. The largest absolute Gasteiger partial charge is 0.478 e. The van der Waals surface area contributed by atoms with E-state index in [1.165, 1.54) is 0 Å². The van der Waals surface area contributed by atoms with E-state index in [-0.39, 0.29) is 0 Å². The zero-order valence-electron chi connectivity index (χ0n) is 9.25. The molecule has 0 amide bonds. The lowest BCUT2D eigenvalue weighted by molar-refractivity contribution is -0.132. The van der Waals surface area contributed by atoms with Gasteiger partial charge in [0, 0.05) is 19.3 Å². The Kier molecular flexibility index (Phi) is 7.11. The maximum atomic E-state index is 10.6. The van der Waals surface area contributed by atoms with Crippen LogP contribution >= 0.6 is 0 Å². The first kappa shape index (κ1) is 13.2. The maximum Gasteiger partial charge on any atom is 0.330 e. The van der Waals surface area contributed by atoms with Gasteiger partial charge in [-0.05, 0) is 25.7 Å². The third-order valence-corrected chi connectivity index (χ3v) is 2.18. The fourth-order valence-corrected chi connectivity index (χ4v) is 1.38. The Morgan fingerprint density at radius 1 is 1.50 bits per heavy atom. The minimum Gasteiger partial charge on any atom is -0.478 e. The van der Waals surface area contributed by atoms with Crippen molar-refractivity contribution in [2.75, 3.05) is 13.7 Å². The smallest absolute Gasteiger partial charge is 0.330 e. The first-order chi connectivity index (χ1) is 6.61. The van der Waals surface area contributed by atoms with E-state index in [1.54, 1.807) is 14.0 Å². The summed E-state index contributed by atoms with van der Waals surface area (Å²) >= 11 is 0. The van der Waals surface area contributed by atoms with Gasteiger partial charge in [-0.15, -0.1) is 0 Å². The SMILES string of the molecule is CCCC(C=C(C)C(=O)O)CCOC. The Morgan fingerprint density at radius 3 is 2.57 bits per heavy atom. The number of carboxylic acids is 1. The van der Waals surface area contributed by atoms with Gasteiger partial charge < -0.3 is 9.84 Å². The van der Waals surface area contributed by atoms with Crippen molar-refractivity contribution in [3.05, 3.63) is 11.6 Å². The quantitative estimate of drug-likeness (QED) is 0.642. The highest BCUT2D eigenvalue weighted by molar-refractivity contribution is 5.85. The molecule has 0 radical (unpaired) electrons. The zero-order valence-corrected chi connectivity index (χ0v) is 9.25. The zero-order chi connectivity index (χ0) is 11.0. The first-order valence-corrected chi connectivity index (χ1v) is 5.02. The fourth-order valence-electron chi connectivity index (χ4n) is 1.38. The van der Waals surface area contributed by atoms with E-state index in [4.69, 9.17) is 9.84 Å². The second-order valence-corrected chi connectivity index (χ2v) is 3.49. The molecule has 82 valence electrons. The second kappa shape index (κ2) is 7.56. The highest BCUT2D eigenvalue weighted by Crippen LogP contribution is 2.15. The number of allylic oxidation sites excluding steroid dienone is 1. The van der Waals surface area contributed by atoms with Crippen molar-refractivity contribution in [3.63, 3.8) is 0 Å². The van der Waals surface area contributed by atoms with E-state index < -0.39 is 5.97 Å². The van der Waals surface area contributed by atoms with Crippen molar-refractivity contribution in [2.45, 2.75) is 33.1 Å². The number of carboxylic acid groups (broad SMARTS) is 1. The predicted octanol–water partition coefficient (Wildman–Crippen LogP) is 2.47. The summed E-state index contributed by atoms with van der Waals surface area (Å²) in [6.45, 7) is 4.43. The first-order valence-electron chi connectivity index (χ1n) is 5.02. The van der Waals surface area contributed by atoms with Gasteiger partial charge in [0.1, 0.15) is 0 Å². The molecule has 0 heterocycles. The van der Waals surface area contributed by atoms with Crippen LogP contribution < -0.4 is 0 Å². The number of ether oxygens (including phenoxy) is 1. The van der Waals surface area contributed by atoms with Crippen LogP contribution in [0, 0.1) is 5.92 Å². The highest BCUT2D eigenvalue weighted by atomic mass is 16.5. The van der Waals surface area contributed by atoms with E-state index in [2.05, 4.69) is 6.92 Å². The second-order valence-electron chi connectivity index (χ2n) is 3.49. The van der Waals surface area contributed by atoms with Gasteiger partial charge in [0.05, 0.1) is 0 Å². The lowest BCUT2D eigenvalue weighted by Gasteiger charge is -2.11. The lowest BCUT2D eigenvalue weighted by atomic mass is 9.97. The molecule has 3 heteroatoms. The number of rotatable bonds is 7. The van der Waals surface area contributed by atoms with Crippen molar-refractivity contribution < 1.29 is 14.6 Å². The van der Waals surface area contributed by atoms with Gasteiger partial charge in [0.2, 0.25) is 0 Å². The molecule has 0 aromatic heterocycles. The van der Waals surface area contributed by atoms with Crippen molar-refractivity contribution in [2.24, 2.45) is 5.92 Å². The van der Waals surface area contributed by atoms with Crippen LogP contribution in [0.25, 0.3) is 0 Å². The summed E-state index contributed by atoms with van der Waals surface area (Å²) in [6.07, 6.45) is 4.82. The molecule has 1 atom stereocenters. The van der Waals surface area contributed by atoms with E-state index >= 15 is 0 Å². The van der Waals surface area contributed by atoms with Gasteiger partial charge in [-0.2, -0.15) is 0 Å². The third-order valence-electron chi connectivity index (χ3n) is 2.18. The number of hydrogen-bond acceptors (Lipinski definition) is 2. The Hall–Kier alpha value is -0.830. The number of aliphatic carboxylic acids is 1. The Labute approximate surface area is 85.8 Å². The Bertz CT molecular complexity index is 197. The van der Waals surface area contributed by atoms with Crippen molar-refractivity contribution in [3.8, 4) is 0 Å². The van der Waals surface area contributed by atoms with Gasteiger partial charge in [0.25, 0.3) is 0 Å². The van der Waals surface area contributed by atoms with Crippen molar-refractivity contribution in [1.82, 2.24) is 0 Å². The average molecular weight is 200 g/mol. The van der Waals surface area contributed by atoms with Gasteiger partial charge in [-0.25, -0.2) is 4.79 Å². The summed E-state index contributed by atoms with van der Waals surface area (Å²) in [4.78, 5) is 10.6. The van der Waals surface area contributed by atoms with Crippen LogP contribution in [0.1, 0.15) is 33.1 Å². The lowest BCUT2D eigenvalue weighted by Crippen LogP contribution is -2.05. The Balaban J connectivity index is 4.19. The van der Waals surface area contributed by atoms with E-state index in [9.17, 15) is 4.79 Å². The molecule has 0 aromatic rings. The molecule has 0 rings (SSSR count). The normalized spacial score (nSPS) is 14.1. The van der Waals surface area contributed by atoms with Crippen molar-refractivity contribution in [1.29, 1.82) is 0 Å². The van der Waals surface area contributed by atoms with Crippen LogP contribution in [0.5, 0.6) is 0 Å². The molecule has 0 aromatic carbocycles. The molecule has 1 N–H and O–H groups in total. The summed E-state index contributed by atoms with van der Waals surface area (Å²) in [5.41, 5.74) is 0.430. The molecular weight excluding hydrogens is 180 g/mol. The van der Waals surface area contributed by atoms with Crippen LogP contribution in [0.15, 0.2) is 11.6 Å². The van der Waals surface area contributed by atoms with Crippen LogP contribution in [-0.4, -0.2) is 24.8 Å². The van der Waals surface area contributed by atoms with Gasteiger partial charge in [0.15, 0.2) is 0 Å². The molecule has 0 aliphatic carbocycles. The standard InChI is InChI=1S/C11H20O3/c1-4-5-10(6-7-14-3)8-9(2)11(12)13/h8,10H,4-7H2,1-3H3,(H,12,13). The summed E-state index contributed by atoms with van der Waals surface area (Å²) in [5, 5.41) is 8.72. The minimum atomic E-state index is -0.830. The number of hydrogen-bond donors (Lipinski definition) is 1. The summed E-state index contributed by atoms with van der Waals surface area (Å²) in [7, 11) is 1.66. The summed E-state index contributed by atoms with van der Waals surface area (Å²) in [6, 6.07) is 0. The van der Waals surface area contributed by atoms with Crippen LogP contribution in [0.4, 0.5) is 0 Å². The molecule has 0 spiro atoms.